The Morgan fingerprint density at radius 3 is 1.83 bits per heavy atom. The van der Waals surface area contributed by atoms with E-state index in [2.05, 4.69) is 158 Å². The van der Waals surface area contributed by atoms with E-state index in [1.165, 1.54) is 50.3 Å². The molecule has 3 heteroatoms. The quantitative estimate of drug-likeness (QED) is 0.200. The van der Waals surface area contributed by atoms with Crippen LogP contribution >= 0.6 is 0 Å². The standard InChI is InChI=1S/C44H33N3/c1-43(2)37-20-7-8-22-40(37)47(41-28-30(24-25-38(41)43)39-21-9-11-26-45-39)32-15-13-14-31(29-32)44(42-23-10-12-27-46-42)35-18-5-3-16-33(35)34-17-4-6-19-36(34)44/h3-29H,1-2H3. The normalized spacial score (nSPS) is 14.9. The fourth-order valence-corrected chi connectivity index (χ4v) is 8.12. The predicted molar refractivity (Wildman–Crippen MR) is 192 cm³/mol. The molecule has 0 atom stereocenters. The van der Waals surface area contributed by atoms with Gasteiger partial charge in [-0.15, -0.1) is 0 Å². The van der Waals surface area contributed by atoms with E-state index in [4.69, 9.17) is 9.97 Å². The number of fused-ring (bicyclic) bond motifs is 5. The molecule has 7 aromatic rings. The molecule has 224 valence electrons. The third kappa shape index (κ3) is 3.93. The molecule has 2 aromatic heterocycles. The van der Waals surface area contributed by atoms with Crippen LogP contribution in [0.1, 0.15) is 47.4 Å². The summed E-state index contributed by atoms with van der Waals surface area (Å²) in [6.45, 7) is 4.67. The monoisotopic (exact) mass is 603 g/mol. The zero-order valence-electron chi connectivity index (χ0n) is 26.4. The molecule has 0 spiro atoms. The van der Waals surface area contributed by atoms with Crippen LogP contribution in [0.15, 0.2) is 164 Å². The molecule has 3 heterocycles. The van der Waals surface area contributed by atoms with Crippen molar-refractivity contribution >= 4 is 17.1 Å². The summed E-state index contributed by atoms with van der Waals surface area (Å²) in [7, 11) is 0. The van der Waals surface area contributed by atoms with E-state index in [-0.39, 0.29) is 5.41 Å². The van der Waals surface area contributed by atoms with Crippen LogP contribution in [0.2, 0.25) is 0 Å². The number of nitrogens with zero attached hydrogens (tertiary/aromatic N) is 3. The van der Waals surface area contributed by atoms with Gasteiger partial charge >= 0.3 is 0 Å². The van der Waals surface area contributed by atoms with Gasteiger partial charge in [0.25, 0.3) is 0 Å². The molecule has 3 nitrogen and oxygen atoms in total. The van der Waals surface area contributed by atoms with E-state index in [0.29, 0.717) is 0 Å². The maximum Gasteiger partial charge on any atom is 0.0886 e. The smallest absolute Gasteiger partial charge is 0.0886 e. The van der Waals surface area contributed by atoms with Gasteiger partial charge in [0.15, 0.2) is 0 Å². The number of benzene rings is 5. The SMILES string of the molecule is CC1(C)c2ccccc2N(c2cccc(C3(c4ccccn4)c4ccccc4-c4ccccc43)c2)c2cc(-c3ccccn3)ccc21. The van der Waals surface area contributed by atoms with Crippen molar-refractivity contribution in [2.24, 2.45) is 0 Å². The molecule has 47 heavy (non-hydrogen) atoms. The number of para-hydroxylation sites is 1. The molecule has 0 bridgehead atoms. The van der Waals surface area contributed by atoms with Crippen molar-refractivity contribution in [1.29, 1.82) is 0 Å². The fourth-order valence-electron chi connectivity index (χ4n) is 8.12. The number of rotatable bonds is 4. The van der Waals surface area contributed by atoms with Crippen LogP contribution in [0, 0.1) is 0 Å². The minimum atomic E-state index is -0.572. The van der Waals surface area contributed by atoms with Gasteiger partial charge in [0, 0.05) is 29.1 Å². The van der Waals surface area contributed by atoms with Crippen LogP contribution in [0.25, 0.3) is 22.4 Å². The Kier molecular flexibility index (Phi) is 6.07. The highest BCUT2D eigenvalue weighted by Gasteiger charge is 2.47. The zero-order valence-corrected chi connectivity index (χ0v) is 26.4. The molecule has 5 aromatic carbocycles. The molecular weight excluding hydrogens is 571 g/mol. The van der Waals surface area contributed by atoms with Gasteiger partial charge in [-0.3, -0.25) is 9.97 Å². The van der Waals surface area contributed by atoms with Gasteiger partial charge < -0.3 is 4.90 Å². The summed E-state index contributed by atoms with van der Waals surface area (Å²) in [6, 6.07) is 54.9. The third-order valence-electron chi connectivity index (χ3n) is 10.2. The topological polar surface area (TPSA) is 29.0 Å². The van der Waals surface area contributed by atoms with Crippen LogP contribution in [0.4, 0.5) is 17.1 Å². The molecule has 0 amide bonds. The number of anilines is 3. The highest BCUT2D eigenvalue weighted by atomic mass is 15.2. The average molecular weight is 604 g/mol. The van der Waals surface area contributed by atoms with Gasteiger partial charge in [0.1, 0.15) is 0 Å². The summed E-state index contributed by atoms with van der Waals surface area (Å²) in [5.41, 5.74) is 14.6. The first-order valence-electron chi connectivity index (χ1n) is 16.3. The van der Waals surface area contributed by atoms with Crippen LogP contribution in [-0.4, -0.2) is 9.97 Å². The minimum absolute atomic E-state index is 0.179. The molecule has 0 fully saturated rings. The predicted octanol–water partition coefficient (Wildman–Crippen LogP) is 10.6. The van der Waals surface area contributed by atoms with Crippen molar-refractivity contribution in [2.75, 3.05) is 4.90 Å². The van der Waals surface area contributed by atoms with Crippen LogP contribution in [0.5, 0.6) is 0 Å². The van der Waals surface area contributed by atoms with Gasteiger partial charge in [0.05, 0.1) is 28.2 Å². The Bertz CT molecular complexity index is 2240. The van der Waals surface area contributed by atoms with Crippen LogP contribution in [0.3, 0.4) is 0 Å². The zero-order chi connectivity index (χ0) is 31.6. The molecule has 0 unspecified atom stereocenters. The highest BCUT2D eigenvalue weighted by Crippen LogP contribution is 2.57. The first-order chi connectivity index (χ1) is 23.1. The summed E-state index contributed by atoms with van der Waals surface area (Å²) >= 11 is 0. The Balaban J connectivity index is 1.32. The van der Waals surface area contributed by atoms with E-state index in [0.717, 1.165) is 22.6 Å². The van der Waals surface area contributed by atoms with Gasteiger partial charge in [0.2, 0.25) is 0 Å². The van der Waals surface area contributed by atoms with Crippen molar-refractivity contribution < 1.29 is 0 Å². The molecule has 0 saturated carbocycles. The average Bonchev–Trinajstić information content (AvgIpc) is 3.44. The Labute approximate surface area is 275 Å². The summed E-state index contributed by atoms with van der Waals surface area (Å²) in [4.78, 5) is 12.2. The molecule has 0 N–H and O–H groups in total. The number of aromatic nitrogens is 2. The molecule has 9 rings (SSSR count). The van der Waals surface area contributed by atoms with E-state index in [1.54, 1.807) is 0 Å². The molecule has 1 aliphatic heterocycles. The van der Waals surface area contributed by atoms with Gasteiger partial charge in [-0.05, 0) is 87.5 Å². The van der Waals surface area contributed by atoms with Crippen molar-refractivity contribution in [3.05, 3.63) is 198 Å². The lowest BCUT2D eigenvalue weighted by Gasteiger charge is -2.42. The van der Waals surface area contributed by atoms with Crippen molar-refractivity contribution in [1.82, 2.24) is 9.97 Å². The molecule has 2 aliphatic rings. The molecule has 0 radical (unpaired) electrons. The van der Waals surface area contributed by atoms with Gasteiger partial charge in [-0.25, -0.2) is 0 Å². The Hall–Kier alpha value is -5.80. The first-order valence-corrected chi connectivity index (χ1v) is 16.3. The molecule has 1 aliphatic carbocycles. The van der Waals surface area contributed by atoms with Crippen molar-refractivity contribution in [2.45, 2.75) is 24.7 Å². The number of hydrogen-bond donors (Lipinski definition) is 0. The second kappa shape index (κ2) is 10.4. The summed E-state index contributed by atoms with van der Waals surface area (Å²) < 4.78 is 0. The summed E-state index contributed by atoms with van der Waals surface area (Å²) in [5, 5.41) is 0. The van der Waals surface area contributed by atoms with Gasteiger partial charge in [-0.1, -0.05) is 117 Å². The Morgan fingerprint density at radius 1 is 0.489 bits per heavy atom. The fraction of sp³-hybridized carbons (Fsp3) is 0.0909. The number of pyridine rings is 2. The lowest BCUT2D eigenvalue weighted by molar-refractivity contribution is 0.632. The third-order valence-corrected chi connectivity index (χ3v) is 10.2. The summed E-state index contributed by atoms with van der Waals surface area (Å²) in [5.74, 6) is 0. The maximum atomic E-state index is 5.06. The van der Waals surface area contributed by atoms with Crippen molar-refractivity contribution in [3.8, 4) is 22.4 Å². The minimum Gasteiger partial charge on any atom is -0.310 e. The second-order valence-corrected chi connectivity index (χ2v) is 13.0. The van der Waals surface area contributed by atoms with Crippen LogP contribution in [-0.2, 0) is 10.8 Å². The van der Waals surface area contributed by atoms with Gasteiger partial charge in [-0.2, -0.15) is 0 Å². The van der Waals surface area contributed by atoms with Crippen molar-refractivity contribution in [3.63, 3.8) is 0 Å². The first kappa shape index (κ1) is 27.5. The lowest BCUT2D eigenvalue weighted by Crippen LogP contribution is -2.32. The maximum absolute atomic E-state index is 5.06. The molecular formula is C44H33N3. The lowest BCUT2D eigenvalue weighted by atomic mass is 9.69. The second-order valence-electron chi connectivity index (χ2n) is 13.0. The van der Waals surface area contributed by atoms with E-state index < -0.39 is 5.41 Å². The number of hydrogen-bond acceptors (Lipinski definition) is 3. The summed E-state index contributed by atoms with van der Waals surface area (Å²) in [6.07, 6.45) is 3.78. The van der Waals surface area contributed by atoms with Crippen LogP contribution < -0.4 is 4.90 Å². The Morgan fingerprint density at radius 2 is 1.13 bits per heavy atom. The van der Waals surface area contributed by atoms with E-state index in [1.807, 2.05) is 24.5 Å². The van der Waals surface area contributed by atoms with E-state index >= 15 is 0 Å². The van der Waals surface area contributed by atoms with E-state index in [9.17, 15) is 0 Å². The highest BCUT2D eigenvalue weighted by molar-refractivity contribution is 5.90. The molecule has 0 saturated heterocycles. The largest absolute Gasteiger partial charge is 0.310 e.